The molecule has 0 saturated carbocycles. The summed E-state index contributed by atoms with van der Waals surface area (Å²) in [7, 11) is 0. The number of hydrogen-bond acceptors (Lipinski definition) is 4. The molecule has 0 bridgehead atoms. The Morgan fingerprint density at radius 3 is 1.03 bits per heavy atom. The molecular weight excluding hydrogens is 416 g/mol. The molecule has 0 unspecified atom stereocenters. The molecule has 0 N–H and O–H groups in total. The third-order valence-electron chi connectivity index (χ3n) is 7.66. The number of rotatable bonds is 8. The van der Waals surface area contributed by atoms with E-state index in [2.05, 4.69) is 0 Å². The summed E-state index contributed by atoms with van der Waals surface area (Å²) < 4.78 is 0. The van der Waals surface area contributed by atoms with E-state index in [1.165, 1.54) is 9.80 Å². The Balaban J connectivity index is 1.43. The van der Waals surface area contributed by atoms with Crippen LogP contribution in [0.15, 0.2) is 48.5 Å². The lowest BCUT2D eigenvalue weighted by molar-refractivity contribution is -0.154. The highest BCUT2D eigenvalue weighted by Gasteiger charge is 2.59. The Morgan fingerprint density at radius 1 is 0.515 bits per heavy atom. The van der Waals surface area contributed by atoms with Crippen molar-refractivity contribution < 1.29 is 19.2 Å². The predicted octanol–water partition coefficient (Wildman–Crippen LogP) is 4.64. The smallest absolute Gasteiger partial charge is 0.249 e. The van der Waals surface area contributed by atoms with Gasteiger partial charge in [-0.1, -0.05) is 52.0 Å². The molecule has 4 rings (SSSR count). The number of amides is 4. The Hall–Kier alpha value is -3.28. The van der Waals surface area contributed by atoms with Gasteiger partial charge < -0.3 is 0 Å². The molecule has 33 heavy (non-hydrogen) atoms. The summed E-state index contributed by atoms with van der Waals surface area (Å²) in [6, 6.07) is 14.9. The van der Waals surface area contributed by atoms with Crippen LogP contribution in [0.2, 0.25) is 0 Å². The van der Waals surface area contributed by atoms with Gasteiger partial charge in [-0.25, -0.2) is 9.80 Å². The van der Waals surface area contributed by atoms with Crippen LogP contribution in [0.3, 0.4) is 0 Å². The monoisotopic (exact) mass is 446 g/mol. The lowest BCUT2D eigenvalue weighted by Gasteiger charge is -2.45. The van der Waals surface area contributed by atoms with Crippen molar-refractivity contribution in [2.45, 2.75) is 59.8 Å². The van der Waals surface area contributed by atoms with Gasteiger partial charge in [0.05, 0.1) is 11.4 Å². The molecule has 2 aromatic rings. The summed E-state index contributed by atoms with van der Waals surface area (Å²) in [6.45, 7) is 7.51. The zero-order valence-corrected chi connectivity index (χ0v) is 19.7. The van der Waals surface area contributed by atoms with Crippen molar-refractivity contribution in [2.75, 3.05) is 9.80 Å². The molecule has 2 fully saturated rings. The van der Waals surface area contributed by atoms with Crippen molar-refractivity contribution in [3.05, 3.63) is 59.7 Å². The molecule has 172 valence electrons. The molecule has 0 aromatic heterocycles. The van der Waals surface area contributed by atoms with Gasteiger partial charge in [0, 0.05) is 0 Å². The van der Waals surface area contributed by atoms with Gasteiger partial charge in [0.2, 0.25) is 23.6 Å². The van der Waals surface area contributed by atoms with E-state index in [0.717, 1.165) is 11.1 Å². The molecule has 6 heteroatoms. The van der Waals surface area contributed by atoms with E-state index in [9.17, 15) is 19.2 Å². The van der Waals surface area contributed by atoms with Crippen molar-refractivity contribution in [3.8, 4) is 0 Å². The number of carbonyl (C=O) groups excluding carboxylic acids is 4. The van der Waals surface area contributed by atoms with Gasteiger partial charge in [0.25, 0.3) is 0 Å². The fraction of sp³-hybridized carbons (Fsp3) is 0.407. The maximum Gasteiger partial charge on any atom is 0.249 e. The molecule has 0 spiro atoms. The molecule has 2 aliphatic heterocycles. The van der Waals surface area contributed by atoms with Gasteiger partial charge in [-0.2, -0.15) is 0 Å². The second kappa shape index (κ2) is 8.25. The van der Waals surface area contributed by atoms with Crippen molar-refractivity contribution in [1.82, 2.24) is 0 Å². The summed E-state index contributed by atoms with van der Waals surface area (Å²) in [5.41, 5.74) is 1.58. The van der Waals surface area contributed by atoms with E-state index < -0.39 is 10.8 Å². The van der Waals surface area contributed by atoms with Gasteiger partial charge in [-0.3, -0.25) is 19.2 Å². The third-order valence-corrected chi connectivity index (χ3v) is 7.66. The summed E-state index contributed by atoms with van der Waals surface area (Å²) >= 11 is 0. The highest BCUT2D eigenvalue weighted by molar-refractivity contribution is 6.36. The van der Waals surface area contributed by atoms with E-state index in [1.54, 1.807) is 24.3 Å². The van der Waals surface area contributed by atoms with Gasteiger partial charge in [0.1, 0.15) is 10.8 Å². The molecule has 2 heterocycles. The van der Waals surface area contributed by atoms with E-state index >= 15 is 0 Å². The van der Waals surface area contributed by atoms with Crippen LogP contribution in [0.4, 0.5) is 11.4 Å². The largest absolute Gasteiger partial charge is 0.273 e. The molecule has 4 amide bonds. The quantitative estimate of drug-likeness (QED) is 0.437. The minimum Gasteiger partial charge on any atom is -0.273 e. The second-order valence-corrected chi connectivity index (χ2v) is 8.98. The van der Waals surface area contributed by atoms with Crippen LogP contribution in [-0.2, 0) is 25.6 Å². The number of hydrogen-bond donors (Lipinski definition) is 0. The first-order chi connectivity index (χ1) is 15.8. The first-order valence-corrected chi connectivity index (χ1v) is 11.8. The maximum absolute atomic E-state index is 12.6. The summed E-state index contributed by atoms with van der Waals surface area (Å²) in [5.74, 6) is -0.477. The molecule has 0 radical (unpaired) electrons. The topological polar surface area (TPSA) is 74.8 Å². The molecular formula is C27H30N2O4. The van der Waals surface area contributed by atoms with Crippen LogP contribution in [0.1, 0.15) is 64.5 Å². The van der Waals surface area contributed by atoms with Crippen LogP contribution in [0.25, 0.3) is 0 Å². The Labute approximate surface area is 194 Å². The normalized spacial score (nSPS) is 18.9. The van der Waals surface area contributed by atoms with Crippen molar-refractivity contribution >= 4 is 35.0 Å². The molecule has 2 saturated heterocycles. The Kier molecular flexibility index (Phi) is 5.72. The van der Waals surface area contributed by atoms with Crippen LogP contribution < -0.4 is 9.80 Å². The van der Waals surface area contributed by atoms with E-state index in [1.807, 2.05) is 52.0 Å². The highest BCUT2D eigenvalue weighted by atomic mass is 16.2. The highest BCUT2D eigenvalue weighted by Crippen LogP contribution is 2.44. The van der Waals surface area contributed by atoms with Crippen molar-refractivity contribution in [2.24, 2.45) is 10.8 Å². The number of anilines is 2. The van der Waals surface area contributed by atoms with Gasteiger partial charge in [-0.05, 0) is 67.5 Å². The molecule has 2 aliphatic rings. The zero-order chi connectivity index (χ0) is 24.0. The Morgan fingerprint density at radius 2 is 0.788 bits per heavy atom. The third kappa shape index (κ3) is 3.15. The Bertz CT molecular complexity index is 984. The van der Waals surface area contributed by atoms with Crippen LogP contribution in [-0.4, -0.2) is 23.6 Å². The molecule has 2 aromatic carbocycles. The minimum atomic E-state index is -0.854. The average molecular weight is 447 g/mol. The lowest BCUT2D eigenvalue weighted by atomic mass is 9.73. The summed E-state index contributed by atoms with van der Waals surface area (Å²) in [5, 5.41) is 0. The predicted molar refractivity (Wildman–Crippen MR) is 127 cm³/mol. The number of carbonyl (C=O) groups is 4. The molecule has 0 atom stereocenters. The number of imide groups is 2. The maximum atomic E-state index is 12.6. The van der Waals surface area contributed by atoms with E-state index in [0.29, 0.717) is 43.5 Å². The first-order valence-electron chi connectivity index (χ1n) is 11.8. The molecule has 0 aliphatic carbocycles. The first kappa shape index (κ1) is 22.9. The van der Waals surface area contributed by atoms with Crippen molar-refractivity contribution in [3.63, 3.8) is 0 Å². The van der Waals surface area contributed by atoms with Crippen molar-refractivity contribution in [1.29, 1.82) is 0 Å². The summed E-state index contributed by atoms with van der Waals surface area (Å²) in [6.07, 6.45) is 2.76. The second-order valence-electron chi connectivity index (χ2n) is 8.98. The minimum absolute atomic E-state index is 0.119. The summed E-state index contributed by atoms with van der Waals surface area (Å²) in [4.78, 5) is 53.1. The standard InChI is InChI=1S/C27H30N2O4/c1-5-26(6-2)22(30)28(23(26)31)20-13-9-18(10-14-20)17-19-11-15-21(16-12-19)29-24(32)27(7-3,8-4)25(29)33/h9-16H,5-8,17H2,1-4H3. The fourth-order valence-corrected chi connectivity index (χ4v) is 5.06. The van der Waals surface area contributed by atoms with E-state index in [4.69, 9.17) is 0 Å². The van der Waals surface area contributed by atoms with Gasteiger partial charge >= 0.3 is 0 Å². The number of benzene rings is 2. The van der Waals surface area contributed by atoms with Crippen LogP contribution in [0.5, 0.6) is 0 Å². The number of nitrogens with zero attached hydrogens (tertiary/aromatic N) is 2. The van der Waals surface area contributed by atoms with Gasteiger partial charge in [0.15, 0.2) is 0 Å². The molecule has 6 nitrogen and oxygen atoms in total. The fourth-order valence-electron chi connectivity index (χ4n) is 5.06. The average Bonchev–Trinajstić information content (AvgIpc) is 2.84. The lowest BCUT2D eigenvalue weighted by Crippen LogP contribution is -2.66. The zero-order valence-electron chi connectivity index (χ0n) is 19.7. The van der Waals surface area contributed by atoms with Crippen LogP contribution >= 0.6 is 0 Å². The van der Waals surface area contributed by atoms with E-state index in [-0.39, 0.29) is 23.6 Å². The number of β-lactam (4-membered cyclic amide) rings is 4. The van der Waals surface area contributed by atoms with Crippen LogP contribution in [0, 0.1) is 10.8 Å². The SMILES string of the molecule is CCC1(CC)C(=O)N(c2ccc(Cc3ccc(N4C(=O)C(CC)(CC)C4=O)cc3)cc2)C1=O. The van der Waals surface area contributed by atoms with Gasteiger partial charge in [-0.15, -0.1) is 0 Å².